The van der Waals surface area contributed by atoms with Crippen LogP contribution in [-0.2, 0) is 14.8 Å². The van der Waals surface area contributed by atoms with Gasteiger partial charge in [0, 0.05) is 24.0 Å². The highest BCUT2D eigenvalue weighted by Gasteiger charge is 2.18. The molecule has 0 bridgehead atoms. The number of thiophene rings is 1. The van der Waals surface area contributed by atoms with Crippen LogP contribution >= 0.6 is 22.9 Å². The average molecular weight is 478 g/mol. The third kappa shape index (κ3) is 6.06. The Labute approximate surface area is 189 Å². The number of halogens is 1. The third-order valence-corrected chi connectivity index (χ3v) is 7.36. The maximum Gasteiger partial charge on any atom is 0.271 e. The monoisotopic (exact) mass is 477 g/mol. The highest BCUT2D eigenvalue weighted by Crippen LogP contribution is 2.27. The molecule has 0 atom stereocenters. The second-order valence-electron chi connectivity index (χ2n) is 6.82. The number of benzene rings is 2. The van der Waals surface area contributed by atoms with Crippen molar-refractivity contribution < 1.29 is 18.0 Å². The maximum absolute atomic E-state index is 12.6. The van der Waals surface area contributed by atoms with Crippen LogP contribution < -0.4 is 10.0 Å². The van der Waals surface area contributed by atoms with Crippen molar-refractivity contribution >= 4 is 56.2 Å². The molecule has 0 aliphatic heterocycles. The van der Waals surface area contributed by atoms with E-state index >= 15 is 0 Å². The van der Waals surface area contributed by atoms with Crippen molar-refractivity contribution in [2.75, 3.05) is 23.6 Å². The molecule has 31 heavy (non-hydrogen) atoms. The lowest BCUT2D eigenvalue weighted by Crippen LogP contribution is -2.34. The first-order valence-electron chi connectivity index (χ1n) is 9.14. The molecule has 2 aromatic carbocycles. The molecule has 0 unspecified atom stereocenters. The van der Waals surface area contributed by atoms with Crippen LogP contribution in [-0.4, -0.2) is 38.7 Å². The van der Waals surface area contributed by atoms with Gasteiger partial charge in [-0.2, -0.15) is 0 Å². The molecule has 0 aliphatic rings. The molecule has 0 fully saturated rings. The van der Waals surface area contributed by atoms with Crippen LogP contribution in [0.15, 0.2) is 64.9 Å². The fourth-order valence-electron chi connectivity index (χ4n) is 2.67. The standard InChI is InChI=1S/C21H20ClN3O4S2/c1-14-3-7-16(8-4-14)23-19(26)13-25(2)21(27)15-5-9-17(10-6-15)24-31(28,29)20-12-11-18(22)30-20/h3-12,24H,13H2,1-2H3,(H,23,26). The maximum atomic E-state index is 12.6. The fraction of sp³-hybridized carbons (Fsp3) is 0.143. The molecule has 3 aromatic rings. The van der Waals surface area contributed by atoms with Crippen LogP contribution in [0.4, 0.5) is 11.4 Å². The van der Waals surface area contributed by atoms with Gasteiger partial charge in [0.1, 0.15) is 4.21 Å². The van der Waals surface area contributed by atoms with E-state index in [0.717, 1.165) is 16.9 Å². The van der Waals surface area contributed by atoms with Crippen molar-refractivity contribution in [3.8, 4) is 0 Å². The van der Waals surface area contributed by atoms with Gasteiger partial charge in [-0.15, -0.1) is 11.3 Å². The quantitative estimate of drug-likeness (QED) is 0.532. The Hall–Kier alpha value is -2.88. The molecular formula is C21H20ClN3O4S2. The van der Waals surface area contributed by atoms with Crippen LogP contribution in [0.5, 0.6) is 0 Å². The first-order valence-corrected chi connectivity index (χ1v) is 11.8. The number of nitrogens with one attached hydrogen (secondary N) is 2. The summed E-state index contributed by atoms with van der Waals surface area (Å²) in [6.07, 6.45) is 0. The van der Waals surface area contributed by atoms with E-state index < -0.39 is 10.0 Å². The van der Waals surface area contributed by atoms with Crippen molar-refractivity contribution in [2.24, 2.45) is 0 Å². The van der Waals surface area contributed by atoms with Crippen molar-refractivity contribution in [2.45, 2.75) is 11.1 Å². The van der Waals surface area contributed by atoms with Crippen LogP contribution in [0.25, 0.3) is 0 Å². The number of sulfonamides is 1. The van der Waals surface area contributed by atoms with E-state index in [-0.39, 0.29) is 22.6 Å². The highest BCUT2D eigenvalue weighted by molar-refractivity contribution is 7.94. The number of hydrogen-bond donors (Lipinski definition) is 2. The van der Waals surface area contributed by atoms with Gasteiger partial charge in [0.05, 0.1) is 10.9 Å². The van der Waals surface area contributed by atoms with Crippen LogP contribution in [0.3, 0.4) is 0 Å². The molecule has 2 N–H and O–H groups in total. The van der Waals surface area contributed by atoms with Gasteiger partial charge in [-0.3, -0.25) is 14.3 Å². The zero-order chi connectivity index (χ0) is 22.6. The molecule has 1 heterocycles. The topological polar surface area (TPSA) is 95.6 Å². The number of hydrogen-bond acceptors (Lipinski definition) is 5. The molecule has 162 valence electrons. The molecule has 0 radical (unpaired) electrons. The summed E-state index contributed by atoms with van der Waals surface area (Å²) >= 11 is 6.75. The SMILES string of the molecule is Cc1ccc(NC(=O)CN(C)C(=O)c2ccc(NS(=O)(=O)c3ccc(Cl)s3)cc2)cc1. The number of aryl methyl sites for hydroxylation is 1. The summed E-state index contributed by atoms with van der Waals surface area (Å²) in [6.45, 7) is 1.83. The zero-order valence-corrected chi connectivity index (χ0v) is 19.1. The van der Waals surface area contributed by atoms with Gasteiger partial charge >= 0.3 is 0 Å². The largest absolute Gasteiger partial charge is 0.332 e. The number of amides is 2. The molecule has 1 aromatic heterocycles. The molecule has 10 heteroatoms. The van der Waals surface area contributed by atoms with Gasteiger partial charge in [0.15, 0.2) is 0 Å². The van der Waals surface area contributed by atoms with E-state index in [1.54, 1.807) is 12.1 Å². The Morgan fingerprint density at radius 3 is 2.16 bits per heavy atom. The average Bonchev–Trinajstić information content (AvgIpc) is 3.17. The summed E-state index contributed by atoms with van der Waals surface area (Å²) in [6, 6.07) is 16.2. The van der Waals surface area contributed by atoms with E-state index in [1.807, 2.05) is 19.1 Å². The highest BCUT2D eigenvalue weighted by atomic mass is 35.5. The van der Waals surface area contributed by atoms with Crippen LogP contribution in [0, 0.1) is 6.92 Å². The zero-order valence-electron chi connectivity index (χ0n) is 16.8. The van der Waals surface area contributed by atoms with E-state index in [4.69, 9.17) is 11.6 Å². The third-order valence-electron chi connectivity index (χ3n) is 4.26. The second-order valence-corrected chi connectivity index (χ2v) is 10.4. The second kappa shape index (κ2) is 9.51. The summed E-state index contributed by atoms with van der Waals surface area (Å²) in [5, 5.41) is 2.74. The Balaban J connectivity index is 1.60. The van der Waals surface area contributed by atoms with Crippen LogP contribution in [0.2, 0.25) is 4.34 Å². The van der Waals surface area contributed by atoms with Gasteiger partial charge in [0.25, 0.3) is 15.9 Å². The number of likely N-dealkylation sites (N-methyl/N-ethyl adjacent to an activating group) is 1. The van der Waals surface area contributed by atoms with Crippen molar-refractivity contribution in [1.82, 2.24) is 4.90 Å². The van der Waals surface area contributed by atoms with E-state index in [2.05, 4.69) is 10.0 Å². The molecule has 0 aliphatic carbocycles. The van der Waals surface area contributed by atoms with Gasteiger partial charge in [-0.1, -0.05) is 29.3 Å². The summed E-state index contributed by atoms with van der Waals surface area (Å²) in [4.78, 5) is 26.1. The van der Waals surface area contributed by atoms with Gasteiger partial charge in [-0.05, 0) is 55.5 Å². The Morgan fingerprint density at radius 1 is 0.968 bits per heavy atom. The molecule has 3 rings (SSSR count). The van der Waals surface area contributed by atoms with Gasteiger partial charge < -0.3 is 10.2 Å². The van der Waals surface area contributed by atoms with E-state index in [1.165, 1.54) is 48.3 Å². The van der Waals surface area contributed by atoms with Crippen LogP contribution in [0.1, 0.15) is 15.9 Å². The molecule has 7 nitrogen and oxygen atoms in total. The van der Waals surface area contributed by atoms with Crippen molar-refractivity contribution in [1.29, 1.82) is 0 Å². The van der Waals surface area contributed by atoms with Gasteiger partial charge in [-0.25, -0.2) is 8.42 Å². The number of nitrogens with zero attached hydrogens (tertiary/aromatic N) is 1. The first-order chi connectivity index (χ1) is 14.6. The number of carbonyl (C=O) groups is 2. The number of anilines is 2. The smallest absolute Gasteiger partial charge is 0.271 e. The van der Waals surface area contributed by atoms with E-state index in [0.29, 0.717) is 21.3 Å². The predicted octanol–water partition coefficient (Wildman–Crippen LogP) is 4.22. The molecule has 0 saturated heterocycles. The lowest BCUT2D eigenvalue weighted by Gasteiger charge is -2.17. The molecular weight excluding hydrogens is 458 g/mol. The minimum Gasteiger partial charge on any atom is -0.332 e. The molecule has 2 amide bonds. The molecule has 0 spiro atoms. The van der Waals surface area contributed by atoms with E-state index in [9.17, 15) is 18.0 Å². The van der Waals surface area contributed by atoms with Crippen molar-refractivity contribution in [3.05, 3.63) is 76.1 Å². The summed E-state index contributed by atoms with van der Waals surface area (Å²) < 4.78 is 27.6. The summed E-state index contributed by atoms with van der Waals surface area (Å²) in [5.74, 6) is -0.683. The normalized spacial score (nSPS) is 11.1. The van der Waals surface area contributed by atoms with Crippen molar-refractivity contribution in [3.63, 3.8) is 0 Å². The Kier molecular flexibility index (Phi) is 6.99. The minimum atomic E-state index is -3.75. The fourth-order valence-corrected chi connectivity index (χ4v) is 5.21. The lowest BCUT2D eigenvalue weighted by molar-refractivity contribution is -0.116. The Bertz CT molecular complexity index is 1190. The lowest BCUT2D eigenvalue weighted by atomic mass is 10.2. The first kappa shape index (κ1) is 22.8. The summed E-state index contributed by atoms with van der Waals surface area (Å²) in [5.41, 5.74) is 2.36. The molecule has 0 saturated carbocycles. The Morgan fingerprint density at radius 2 is 1.58 bits per heavy atom. The number of rotatable bonds is 7. The number of carbonyl (C=O) groups excluding carboxylic acids is 2. The minimum absolute atomic E-state index is 0.0944. The van der Waals surface area contributed by atoms with Gasteiger partial charge in [0.2, 0.25) is 5.91 Å². The predicted molar refractivity (Wildman–Crippen MR) is 123 cm³/mol. The summed E-state index contributed by atoms with van der Waals surface area (Å²) in [7, 11) is -2.23.